The van der Waals surface area contributed by atoms with E-state index in [0.29, 0.717) is 30.4 Å². The molecule has 2 N–H and O–H groups in total. The quantitative estimate of drug-likeness (QED) is 0.795. The number of rotatable bonds is 4. The van der Waals surface area contributed by atoms with Gasteiger partial charge in [0.25, 0.3) is 5.91 Å². The van der Waals surface area contributed by atoms with Crippen molar-refractivity contribution in [2.24, 2.45) is 0 Å². The number of hydrogen-bond acceptors (Lipinski definition) is 6. The Balaban J connectivity index is 1.48. The molecule has 0 saturated heterocycles. The van der Waals surface area contributed by atoms with E-state index in [1.807, 2.05) is 5.32 Å². The molecule has 0 spiro atoms. The first-order valence-electron chi connectivity index (χ1n) is 7.95. The van der Waals surface area contributed by atoms with Gasteiger partial charge in [0, 0.05) is 11.8 Å². The maximum absolute atomic E-state index is 13.5. The SMILES string of the molecule is O=C(COC(=O)c1ccccc1F)NC(=O)Nc1ccc2c(c1)OCCO2. The summed E-state index contributed by atoms with van der Waals surface area (Å²) >= 11 is 0. The van der Waals surface area contributed by atoms with Crippen LogP contribution in [-0.2, 0) is 9.53 Å². The third-order valence-corrected chi connectivity index (χ3v) is 3.48. The van der Waals surface area contributed by atoms with E-state index in [9.17, 15) is 18.8 Å². The van der Waals surface area contributed by atoms with E-state index >= 15 is 0 Å². The molecule has 1 aliphatic heterocycles. The predicted molar refractivity (Wildman–Crippen MR) is 91.3 cm³/mol. The predicted octanol–water partition coefficient (Wildman–Crippen LogP) is 2.10. The Morgan fingerprint density at radius 3 is 2.56 bits per heavy atom. The summed E-state index contributed by atoms with van der Waals surface area (Å²) in [5.74, 6) is -1.60. The minimum absolute atomic E-state index is 0.300. The van der Waals surface area contributed by atoms with Crippen molar-refractivity contribution >= 4 is 23.6 Å². The van der Waals surface area contributed by atoms with Crippen LogP contribution in [0.25, 0.3) is 0 Å². The second kappa shape index (κ2) is 8.17. The summed E-state index contributed by atoms with van der Waals surface area (Å²) in [7, 11) is 0. The summed E-state index contributed by atoms with van der Waals surface area (Å²) < 4.78 is 28.9. The van der Waals surface area contributed by atoms with Crippen molar-refractivity contribution in [2.75, 3.05) is 25.1 Å². The van der Waals surface area contributed by atoms with Crippen molar-refractivity contribution in [3.63, 3.8) is 0 Å². The van der Waals surface area contributed by atoms with E-state index in [1.54, 1.807) is 18.2 Å². The van der Waals surface area contributed by atoms with E-state index in [4.69, 9.17) is 9.47 Å². The second-order valence-electron chi connectivity index (χ2n) is 5.42. The van der Waals surface area contributed by atoms with Gasteiger partial charge in [0.2, 0.25) is 0 Å². The monoisotopic (exact) mass is 374 g/mol. The van der Waals surface area contributed by atoms with Gasteiger partial charge in [-0.2, -0.15) is 0 Å². The summed E-state index contributed by atoms with van der Waals surface area (Å²) in [6.45, 7) is 0.108. The first kappa shape index (κ1) is 18.2. The highest BCUT2D eigenvalue weighted by Crippen LogP contribution is 2.32. The Bertz CT molecular complexity index is 886. The van der Waals surface area contributed by atoms with Crippen LogP contribution in [0.5, 0.6) is 11.5 Å². The van der Waals surface area contributed by atoms with Crippen molar-refractivity contribution in [1.82, 2.24) is 5.32 Å². The van der Waals surface area contributed by atoms with Crippen molar-refractivity contribution in [3.05, 3.63) is 53.8 Å². The molecular formula is C18H15FN2O6. The maximum atomic E-state index is 13.5. The van der Waals surface area contributed by atoms with Crippen LogP contribution in [0.1, 0.15) is 10.4 Å². The van der Waals surface area contributed by atoms with E-state index in [2.05, 4.69) is 10.1 Å². The molecule has 1 aliphatic rings. The molecule has 2 aromatic carbocycles. The molecule has 0 aromatic heterocycles. The molecule has 27 heavy (non-hydrogen) atoms. The van der Waals surface area contributed by atoms with E-state index in [0.717, 1.165) is 6.07 Å². The molecule has 2 aromatic rings. The third kappa shape index (κ3) is 4.72. The lowest BCUT2D eigenvalue weighted by atomic mass is 10.2. The van der Waals surface area contributed by atoms with Crippen LogP contribution in [0.15, 0.2) is 42.5 Å². The normalized spacial score (nSPS) is 12.0. The van der Waals surface area contributed by atoms with E-state index in [-0.39, 0.29) is 5.56 Å². The lowest BCUT2D eigenvalue weighted by Gasteiger charge is -2.19. The second-order valence-corrected chi connectivity index (χ2v) is 5.42. The molecule has 0 saturated carbocycles. The highest BCUT2D eigenvalue weighted by molar-refractivity contribution is 6.02. The fourth-order valence-corrected chi connectivity index (χ4v) is 2.28. The summed E-state index contributed by atoms with van der Waals surface area (Å²) in [4.78, 5) is 35.3. The molecule has 3 rings (SSSR count). The lowest BCUT2D eigenvalue weighted by molar-refractivity contribution is -0.123. The molecule has 140 valence electrons. The number of imide groups is 1. The number of anilines is 1. The first-order chi connectivity index (χ1) is 13.0. The van der Waals surface area contributed by atoms with Gasteiger partial charge in [-0.05, 0) is 24.3 Å². The molecular weight excluding hydrogens is 359 g/mol. The molecule has 8 nitrogen and oxygen atoms in total. The summed E-state index contributed by atoms with van der Waals surface area (Å²) in [5, 5.41) is 4.44. The summed E-state index contributed by atoms with van der Waals surface area (Å²) in [5.41, 5.74) is 0.0823. The zero-order chi connectivity index (χ0) is 19.2. The Labute approximate surface area is 153 Å². The number of urea groups is 1. The zero-order valence-electron chi connectivity index (χ0n) is 14.0. The molecule has 0 fully saturated rings. The van der Waals surface area contributed by atoms with Gasteiger partial charge in [0.15, 0.2) is 18.1 Å². The Morgan fingerprint density at radius 1 is 1.04 bits per heavy atom. The van der Waals surface area contributed by atoms with Crippen molar-refractivity contribution in [3.8, 4) is 11.5 Å². The van der Waals surface area contributed by atoms with Gasteiger partial charge in [-0.1, -0.05) is 12.1 Å². The van der Waals surface area contributed by atoms with Crippen LogP contribution in [0.3, 0.4) is 0 Å². The van der Waals surface area contributed by atoms with E-state index < -0.39 is 30.3 Å². The van der Waals surface area contributed by atoms with Gasteiger partial charge in [-0.15, -0.1) is 0 Å². The van der Waals surface area contributed by atoms with Crippen LogP contribution in [0, 0.1) is 5.82 Å². The molecule has 0 unspecified atom stereocenters. The number of ether oxygens (including phenoxy) is 3. The first-order valence-corrected chi connectivity index (χ1v) is 7.95. The van der Waals surface area contributed by atoms with Crippen molar-refractivity contribution in [2.45, 2.75) is 0 Å². The standard InChI is InChI=1S/C18H15FN2O6/c19-13-4-2-1-3-12(13)17(23)27-10-16(22)21-18(24)20-11-5-6-14-15(9-11)26-8-7-25-14/h1-6,9H,7-8,10H2,(H2,20,21,22,24). The fourth-order valence-electron chi connectivity index (χ4n) is 2.28. The number of amides is 3. The van der Waals surface area contributed by atoms with Crippen LogP contribution < -0.4 is 20.1 Å². The van der Waals surface area contributed by atoms with Gasteiger partial charge < -0.3 is 19.5 Å². The molecule has 0 radical (unpaired) electrons. The summed E-state index contributed by atoms with van der Waals surface area (Å²) in [6, 6.07) is 9.14. The minimum atomic E-state index is -1.00. The number of carbonyl (C=O) groups excluding carboxylic acids is 3. The van der Waals surface area contributed by atoms with Crippen molar-refractivity contribution < 1.29 is 33.0 Å². The number of halogens is 1. The minimum Gasteiger partial charge on any atom is -0.486 e. The van der Waals surface area contributed by atoms with Gasteiger partial charge in [0.05, 0.1) is 5.56 Å². The van der Waals surface area contributed by atoms with Crippen LogP contribution >= 0.6 is 0 Å². The molecule has 9 heteroatoms. The van der Waals surface area contributed by atoms with E-state index in [1.165, 1.54) is 18.2 Å². The number of nitrogens with one attached hydrogen (secondary N) is 2. The Morgan fingerprint density at radius 2 is 1.78 bits per heavy atom. The van der Waals surface area contributed by atoms with Crippen LogP contribution in [0.4, 0.5) is 14.9 Å². The largest absolute Gasteiger partial charge is 0.486 e. The molecule has 0 atom stereocenters. The lowest BCUT2D eigenvalue weighted by Crippen LogP contribution is -2.37. The molecule has 0 bridgehead atoms. The molecule has 1 heterocycles. The molecule has 0 aliphatic carbocycles. The van der Waals surface area contributed by atoms with Gasteiger partial charge in [-0.25, -0.2) is 14.0 Å². The van der Waals surface area contributed by atoms with Gasteiger partial charge >= 0.3 is 12.0 Å². The van der Waals surface area contributed by atoms with Gasteiger partial charge in [-0.3, -0.25) is 10.1 Å². The number of carbonyl (C=O) groups is 3. The van der Waals surface area contributed by atoms with Crippen LogP contribution in [0.2, 0.25) is 0 Å². The average molecular weight is 374 g/mol. The van der Waals surface area contributed by atoms with Crippen molar-refractivity contribution in [1.29, 1.82) is 0 Å². The smallest absolute Gasteiger partial charge is 0.341 e. The Kier molecular flexibility index (Phi) is 5.50. The fraction of sp³-hybridized carbons (Fsp3) is 0.167. The number of fused-ring (bicyclic) bond motifs is 1. The van der Waals surface area contributed by atoms with Gasteiger partial charge in [0.1, 0.15) is 19.0 Å². The van der Waals surface area contributed by atoms with Crippen LogP contribution in [-0.4, -0.2) is 37.7 Å². The topological polar surface area (TPSA) is 103 Å². The highest BCUT2D eigenvalue weighted by atomic mass is 19.1. The number of esters is 1. The molecule has 3 amide bonds. The summed E-state index contributed by atoms with van der Waals surface area (Å²) in [6.07, 6.45) is 0. The zero-order valence-corrected chi connectivity index (χ0v) is 14.0. The number of benzene rings is 2. The average Bonchev–Trinajstić information content (AvgIpc) is 2.66. The number of hydrogen-bond donors (Lipinski definition) is 2. The maximum Gasteiger partial charge on any atom is 0.341 e. The third-order valence-electron chi connectivity index (χ3n) is 3.48. The Hall–Kier alpha value is -3.62. The highest BCUT2D eigenvalue weighted by Gasteiger charge is 2.16.